The van der Waals surface area contributed by atoms with Crippen LogP contribution in [0, 0.1) is 5.92 Å². The van der Waals surface area contributed by atoms with E-state index in [-0.39, 0.29) is 23.7 Å². The molecule has 0 aromatic carbocycles. The van der Waals surface area contributed by atoms with Gasteiger partial charge in [0.05, 0.1) is 5.92 Å². The van der Waals surface area contributed by atoms with Gasteiger partial charge in [-0.15, -0.1) is 0 Å². The second kappa shape index (κ2) is 6.35. The lowest BCUT2D eigenvalue weighted by Gasteiger charge is -2.26. The van der Waals surface area contributed by atoms with Crippen molar-refractivity contribution in [1.82, 2.24) is 0 Å². The number of rotatable bonds is 2. The molecule has 6 nitrogen and oxygen atoms in total. The fraction of sp³-hybridized carbons (Fsp3) is 0.421. The quantitative estimate of drug-likeness (QED) is 0.331. The Hall–Kier alpha value is -2.63. The van der Waals surface area contributed by atoms with Crippen molar-refractivity contribution in [2.45, 2.75) is 45.0 Å². The van der Waals surface area contributed by atoms with Crippen LogP contribution in [0.15, 0.2) is 47.6 Å². The molecular weight excluding hydrogens is 324 g/mol. The highest BCUT2D eigenvalue weighted by atomic mass is 16.6. The monoisotopic (exact) mass is 344 g/mol. The van der Waals surface area contributed by atoms with Crippen molar-refractivity contribution >= 4 is 17.9 Å². The van der Waals surface area contributed by atoms with Crippen LogP contribution in [-0.2, 0) is 28.6 Å². The summed E-state index contributed by atoms with van der Waals surface area (Å²) in [5.41, 5.74) is 1.82. The summed E-state index contributed by atoms with van der Waals surface area (Å²) in [6.45, 7) is 10.8. The van der Waals surface area contributed by atoms with Crippen LogP contribution in [0.25, 0.3) is 0 Å². The molecule has 2 bridgehead atoms. The van der Waals surface area contributed by atoms with Crippen LogP contribution >= 0.6 is 0 Å². The second-order valence-electron chi connectivity index (χ2n) is 6.70. The molecule has 0 radical (unpaired) electrons. The summed E-state index contributed by atoms with van der Waals surface area (Å²) in [7, 11) is 0. The van der Waals surface area contributed by atoms with Crippen molar-refractivity contribution in [3.05, 3.63) is 47.6 Å². The molecule has 4 atom stereocenters. The minimum Gasteiger partial charge on any atom is -0.458 e. The maximum absolute atomic E-state index is 12.1. The Balaban J connectivity index is 2.01. The van der Waals surface area contributed by atoms with Gasteiger partial charge in [-0.3, -0.25) is 0 Å². The molecule has 1 unspecified atom stereocenters. The van der Waals surface area contributed by atoms with Gasteiger partial charge in [0.2, 0.25) is 0 Å². The molecule has 0 aromatic heterocycles. The first kappa shape index (κ1) is 17.2. The average Bonchev–Trinajstić information content (AvgIpc) is 2.98. The molecule has 0 saturated carbocycles. The van der Waals surface area contributed by atoms with Gasteiger partial charge >= 0.3 is 17.9 Å². The molecule has 1 fully saturated rings. The number of fused-ring (bicyclic) bond motifs is 2. The molecule has 1 aliphatic carbocycles. The van der Waals surface area contributed by atoms with Gasteiger partial charge in [-0.2, -0.15) is 0 Å². The highest BCUT2D eigenvalue weighted by molar-refractivity contribution is 5.93. The van der Waals surface area contributed by atoms with Crippen molar-refractivity contribution in [1.29, 1.82) is 0 Å². The number of esters is 3. The first-order chi connectivity index (χ1) is 11.8. The molecule has 25 heavy (non-hydrogen) atoms. The van der Waals surface area contributed by atoms with E-state index in [4.69, 9.17) is 14.2 Å². The smallest absolute Gasteiger partial charge is 0.334 e. The molecule has 2 heterocycles. The Bertz CT molecular complexity index is 741. The van der Waals surface area contributed by atoms with Crippen molar-refractivity contribution in [3.63, 3.8) is 0 Å². The van der Waals surface area contributed by atoms with Gasteiger partial charge in [-0.1, -0.05) is 18.7 Å². The van der Waals surface area contributed by atoms with E-state index < -0.39 is 36.0 Å². The van der Waals surface area contributed by atoms with Gasteiger partial charge < -0.3 is 14.2 Å². The lowest BCUT2D eigenvalue weighted by Crippen LogP contribution is -2.34. The van der Waals surface area contributed by atoms with E-state index in [9.17, 15) is 14.4 Å². The number of hydrogen-bond acceptors (Lipinski definition) is 6. The summed E-state index contributed by atoms with van der Waals surface area (Å²) in [6, 6.07) is 0. The van der Waals surface area contributed by atoms with Crippen molar-refractivity contribution in [2.75, 3.05) is 0 Å². The molecule has 1 saturated heterocycles. The van der Waals surface area contributed by atoms with Gasteiger partial charge in [0.25, 0.3) is 0 Å². The molecule has 132 valence electrons. The summed E-state index contributed by atoms with van der Waals surface area (Å²) in [4.78, 5) is 36.2. The largest absolute Gasteiger partial charge is 0.458 e. The molecule has 3 aliphatic rings. The summed E-state index contributed by atoms with van der Waals surface area (Å²) in [5.74, 6) is -2.09. The van der Waals surface area contributed by atoms with E-state index in [1.165, 1.54) is 6.92 Å². The summed E-state index contributed by atoms with van der Waals surface area (Å²) in [6.07, 6.45) is 2.52. The minimum absolute atomic E-state index is 0.137. The molecule has 0 N–H and O–H groups in total. The van der Waals surface area contributed by atoms with Crippen molar-refractivity contribution in [2.24, 2.45) is 5.92 Å². The third-order valence-electron chi connectivity index (χ3n) is 4.57. The molecule has 3 rings (SSSR count). The normalized spacial score (nSPS) is 33.4. The van der Waals surface area contributed by atoms with Gasteiger partial charge in [0, 0.05) is 29.6 Å². The van der Waals surface area contributed by atoms with Crippen LogP contribution in [0.1, 0.15) is 26.7 Å². The maximum Gasteiger partial charge on any atom is 0.334 e. The highest BCUT2D eigenvalue weighted by Crippen LogP contribution is 2.38. The Morgan fingerprint density at radius 1 is 1.20 bits per heavy atom. The topological polar surface area (TPSA) is 78.9 Å². The SMILES string of the molecule is C=C(C)C(=O)O[C@H]1CC2=C[C@@H](C/C(C)=C/[C@H]3OC(=O)C(=C)C13)OC2=O. The van der Waals surface area contributed by atoms with Crippen LogP contribution in [0.4, 0.5) is 0 Å². The van der Waals surface area contributed by atoms with Crippen LogP contribution in [0.2, 0.25) is 0 Å². The van der Waals surface area contributed by atoms with Crippen LogP contribution < -0.4 is 0 Å². The van der Waals surface area contributed by atoms with E-state index in [0.29, 0.717) is 12.0 Å². The summed E-state index contributed by atoms with van der Waals surface area (Å²) in [5, 5.41) is 0. The van der Waals surface area contributed by atoms with E-state index in [1.807, 2.05) is 13.0 Å². The van der Waals surface area contributed by atoms with Gasteiger partial charge in [0.15, 0.2) is 0 Å². The number of carbonyl (C=O) groups is 3. The fourth-order valence-corrected chi connectivity index (χ4v) is 3.33. The maximum atomic E-state index is 12.1. The predicted octanol–water partition coefficient (Wildman–Crippen LogP) is 2.16. The van der Waals surface area contributed by atoms with Gasteiger partial charge in [0.1, 0.15) is 18.3 Å². The minimum atomic E-state index is -0.771. The zero-order valence-electron chi connectivity index (χ0n) is 14.2. The Morgan fingerprint density at radius 2 is 1.92 bits per heavy atom. The van der Waals surface area contributed by atoms with E-state index in [0.717, 1.165) is 5.57 Å². The zero-order valence-corrected chi connectivity index (χ0v) is 14.2. The summed E-state index contributed by atoms with van der Waals surface area (Å²) >= 11 is 0. The first-order valence-corrected chi connectivity index (χ1v) is 8.11. The summed E-state index contributed by atoms with van der Waals surface area (Å²) < 4.78 is 16.3. The Kier molecular flexibility index (Phi) is 4.37. The van der Waals surface area contributed by atoms with Crippen LogP contribution in [0.5, 0.6) is 0 Å². The number of hydrogen-bond donors (Lipinski definition) is 0. The number of carbonyl (C=O) groups excluding carboxylic acids is 3. The van der Waals surface area contributed by atoms with Gasteiger partial charge in [-0.25, -0.2) is 14.4 Å². The molecular formula is C19H20O6. The highest BCUT2D eigenvalue weighted by Gasteiger charge is 2.46. The standard InChI is InChI=1S/C19H20O6/c1-9(2)17(20)24-15-8-12-7-13(23-19(12)22)5-10(3)6-14-16(15)11(4)18(21)25-14/h6-7,13-16H,1,4-5,8H2,2-3H3/b10-6+/t13-,14-,15+,16?/m1/s1. The predicted molar refractivity (Wildman–Crippen MR) is 88.2 cm³/mol. The molecule has 0 amide bonds. The lowest BCUT2D eigenvalue weighted by atomic mass is 9.85. The third-order valence-corrected chi connectivity index (χ3v) is 4.57. The average molecular weight is 344 g/mol. The molecule has 0 spiro atoms. The Labute approximate surface area is 145 Å². The van der Waals surface area contributed by atoms with Crippen LogP contribution in [0.3, 0.4) is 0 Å². The molecule has 6 heteroatoms. The van der Waals surface area contributed by atoms with E-state index >= 15 is 0 Å². The molecule has 0 aromatic rings. The van der Waals surface area contributed by atoms with Crippen molar-refractivity contribution in [3.8, 4) is 0 Å². The van der Waals surface area contributed by atoms with Crippen LogP contribution in [-0.4, -0.2) is 36.2 Å². The third kappa shape index (κ3) is 3.29. The first-order valence-electron chi connectivity index (χ1n) is 8.11. The number of ether oxygens (including phenoxy) is 3. The Morgan fingerprint density at radius 3 is 2.60 bits per heavy atom. The fourth-order valence-electron chi connectivity index (χ4n) is 3.33. The zero-order chi connectivity index (χ0) is 18.3. The van der Waals surface area contributed by atoms with E-state index in [1.54, 1.807) is 6.08 Å². The second-order valence-corrected chi connectivity index (χ2v) is 6.70. The van der Waals surface area contributed by atoms with Crippen molar-refractivity contribution < 1.29 is 28.6 Å². The lowest BCUT2D eigenvalue weighted by molar-refractivity contribution is -0.148. The molecule has 2 aliphatic heterocycles. The van der Waals surface area contributed by atoms with Gasteiger partial charge in [-0.05, 0) is 26.0 Å². The van der Waals surface area contributed by atoms with E-state index in [2.05, 4.69) is 13.2 Å².